The van der Waals surface area contributed by atoms with Crippen molar-refractivity contribution in [2.45, 2.75) is 20.1 Å². The molecule has 174 valence electrons. The highest BCUT2D eigenvalue weighted by molar-refractivity contribution is 9.10. The summed E-state index contributed by atoms with van der Waals surface area (Å²) < 4.78 is 13.6. The molecular formula is C24H26BrClN4O2S. The number of benzene rings is 2. The molecule has 0 atom stereocenters. The second kappa shape index (κ2) is 11.7. The molecule has 4 rings (SSSR count). The van der Waals surface area contributed by atoms with Gasteiger partial charge in [0.05, 0.1) is 16.3 Å². The maximum absolute atomic E-state index is 6.06. The average Bonchev–Trinajstić information content (AvgIpc) is 3.24. The van der Waals surface area contributed by atoms with Gasteiger partial charge in [-0.15, -0.1) is 12.4 Å². The Morgan fingerprint density at radius 3 is 2.67 bits per heavy atom. The number of pyridine rings is 1. The number of methoxy groups -OCH3 is 1. The molecular weight excluding hydrogens is 524 g/mol. The minimum absolute atomic E-state index is 0. The zero-order chi connectivity index (χ0) is 22.5. The van der Waals surface area contributed by atoms with Gasteiger partial charge in [0.2, 0.25) is 0 Å². The van der Waals surface area contributed by atoms with Gasteiger partial charge in [0.15, 0.2) is 16.6 Å². The summed E-state index contributed by atoms with van der Waals surface area (Å²) >= 11 is 5.15. The van der Waals surface area contributed by atoms with Crippen molar-refractivity contribution in [3.05, 3.63) is 76.0 Å². The topological polar surface area (TPSA) is 73.5 Å². The van der Waals surface area contributed by atoms with Crippen molar-refractivity contribution in [2.24, 2.45) is 5.73 Å². The van der Waals surface area contributed by atoms with Crippen LogP contribution in [0.25, 0.3) is 10.2 Å². The van der Waals surface area contributed by atoms with Gasteiger partial charge in [-0.05, 0) is 51.7 Å². The van der Waals surface area contributed by atoms with E-state index in [0.717, 1.165) is 36.7 Å². The lowest BCUT2D eigenvalue weighted by molar-refractivity contribution is 0.283. The summed E-state index contributed by atoms with van der Waals surface area (Å²) in [5.41, 5.74) is 10.3. The van der Waals surface area contributed by atoms with E-state index in [1.54, 1.807) is 24.6 Å². The molecule has 0 unspecified atom stereocenters. The van der Waals surface area contributed by atoms with E-state index in [2.05, 4.69) is 50.9 Å². The summed E-state index contributed by atoms with van der Waals surface area (Å²) in [5.74, 6) is 1.43. The standard InChI is InChI=1S/C24H25BrN4O2S.ClH/c1-16-5-3-4-6-18(16)15-31-20-8-7-17(11-21(20)30-2)14-29(10-9-26)24-28-23-19(25)12-27-13-22(23)32-24;/h3-8,11-13H,9-10,14-15,26H2,1-2H3;1H. The first-order valence-electron chi connectivity index (χ1n) is 10.3. The molecule has 0 fully saturated rings. The van der Waals surface area contributed by atoms with Crippen molar-refractivity contribution in [1.29, 1.82) is 0 Å². The van der Waals surface area contributed by atoms with Crippen LogP contribution in [0.15, 0.2) is 59.3 Å². The van der Waals surface area contributed by atoms with Gasteiger partial charge in [-0.2, -0.15) is 0 Å². The fraction of sp³-hybridized carbons (Fsp3) is 0.250. The molecule has 0 radical (unpaired) electrons. The van der Waals surface area contributed by atoms with Crippen LogP contribution in [-0.2, 0) is 13.2 Å². The van der Waals surface area contributed by atoms with Crippen LogP contribution < -0.4 is 20.1 Å². The van der Waals surface area contributed by atoms with Crippen molar-refractivity contribution < 1.29 is 9.47 Å². The van der Waals surface area contributed by atoms with Gasteiger partial charge in [0.1, 0.15) is 12.1 Å². The second-order valence-corrected chi connectivity index (χ2v) is 9.24. The SMILES string of the molecule is COc1cc(CN(CCN)c2nc3c(Br)cncc3s2)ccc1OCc1ccccc1C.Cl. The fourth-order valence-electron chi connectivity index (χ4n) is 3.42. The molecule has 0 aliphatic rings. The molecule has 4 aromatic rings. The van der Waals surface area contributed by atoms with Crippen molar-refractivity contribution >= 4 is 55.0 Å². The molecule has 6 nitrogen and oxygen atoms in total. The molecule has 2 aromatic heterocycles. The van der Waals surface area contributed by atoms with E-state index in [0.29, 0.717) is 32.0 Å². The lowest BCUT2D eigenvalue weighted by Gasteiger charge is -2.22. The number of hydrogen-bond acceptors (Lipinski definition) is 7. The van der Waals surface area contributed by atoms with Crippen molar-refractivity contribution in [3.8, 4) is 11.5 Å². The number of nitrogens with two attached hydrogens (primary N) is 1. The zero-order valence-electron chi connectivity index (χ0n) is 18.5. The van der Waals surface area contributed by atoms with Crippen LogP contribution in [-0.4, -0.2) is 30.2 Å². The van der Waals surface area contributed by atoms with E-state index >= 15 is 0 Å². The molecule has 0 spiro atoms. The van der Waals surface area contributed by atoms with Crippen molar-refractivity contribution in [2.75, 3.05) is 25.1 Å². The third kappa shape index (κ3) is 5.95. The highest BCUT2D eigenvalue weighted by atomic mass is 79.9. The summed E-state index contributed by atoms with van der Waals surface area (Å²) in [6, 6.07) is 14.3. The summed E-state index contributed by atoms with van der Waals surface area (Å²) in [5, 5.41) is 0.915. The Hall–Kier alpha value is -2.39. The highest BCUT2D eigenvalue weighted by Gasteiger charge is 2.15. The predicted octanol–water partition coefficient (Wildman–Crippen LogP) is 5.74. The van der Waals surface area contributed by atoms with Gasteiger partial charge in [0, 0.05) is 32.0 Å². The lowest BCUT2D eigenvalue weighted by Crippen LogP contribution is -2.28. The Morgan fingerprint density at radius 1 is 1.12 bits per heavy atom. The molecule has 2 heterocycles. The third-order valence-corrected chi connectivity index (χ3v) is 6.79. The molecule has 2 N–H and O–H groups in total. The normalized spacial score (nSPS) is 10.7. The molecule has 33 heavy (non-hydrogen) atoms. The van der Waals surface area contributed by atoms with Crippen LogP contribution in [0.4, 0.5) is 5.13 Å². The molecule has 2 aromatic carbocycles. The minimum Gasteiger partial charge on any atom is -0.493 e. The minimum atomic E-state index is 0. The summed E-state index contributed by atoms with van der Waals surface area (Å²) in [7, 11) is 1.66. The number of anilines is 1. The molecule has 0 saturated carbocycles. The van der Waals surface area contributed by atoms with Crippen molar-refractivity contribution in [1.82, 2.24) is 9.97 Å². The highest BCUT2D eigenvalue weighted by Crippen LogP contribution is 2.34. The van der Waals surface area contributed by atoms with Crippen LogP contribution in [0.3, 0.4) is 0 Å². The van der Waals surface area contributed by atoms with E-state index in [-0.39, 0.29) is 12.4 Å². The fourth-order valence-corrected chi connectivity index (χ4v) is 4.96. The van der Waals surface area contributed by atoms with Crippen LogP contribution in [0, 0.1) is 6.92 Å². The predicted molar refractivity (Wildman–Crippen MR) is 141 cm³/mol. The Labute approximate surface area is 212 Å². The first kappa shape index (κ1) is 25.2. The number of thiazole rings is 1. The summed E-state index contributed by atoms with van der Waals surface area (Å²) in [6.07, 6.45) is 3.60. The first-order valence-corrected chi connectivity index (χ1v) is 11.9. The Kier molecular flexibility index (Phi) is 8.91. The molecule has 9 heteroatoms. The molecule has 0 aliphatic carbocycles. The van der Waals surface area contributed by atoms with E-state index < -0.39 is 0 Å². The quantitative estimate of drug-likeness (QED) is 0.287. The second-order valence-electron chi connectivity index (χ2n) is 7.38. The number of halogens is 2. The van der Waals surface area contributed by atoms with E-state index in [1.807, 2.05) is 30.5 Å². The number of nitrogens with zero attached hydrogens (tertiary/aromatic N) is 3. The van der Waals surface area contributed by atoms with Gasteiger partial charge in [-0.3, -0.25) is 4.98 Å². The molecule has 0 aliphatic heterocycles. The number of aryl methyl sites for hydroxylation is 1. The Balaban J connectivity index is 0.00000306. The monoisotopic (exact) mass is 548 g/mol. The van der Waals surface area contributed by atoms with Gasteiger partial charge < -0.3 is 20.1 Å². The van der Waals surface area contributed by atoms with E-state index in [4.69, 9.17) is 20.2 Å². The van der Waals surface area contributed by atoms with Crippen molar-refractivity contribution in [3.63, 3.8) is 0 Å². The van der Waals surface area contributed by atoms with Crippen LogP contribution in [0.5, 0.6) is 11.5 Å². The maximum atomic E-state index is 6.06. The summed E-state index contributed by atoms with van der Waals surface area (Å²) in [4.78, 5) is 11.2. The van der Waals surface area contributed by atoms with Crippen LogP contribution in [0.1, 0.15) is 16.7 Å². The van der Waals surface area contributed by atoms with E-state index in [9.17, 15) is 0 Å². The number of ether oxygens (including phenoxy) is 2. The molecule has 0 amide bonds. The third-order valence-electron chi connectivity index (χ3n) is 5.16. The van der Waals surface area contributed by atoms with Gasteiger partial charge in [0.25, 0.3) is 0 Å². The smallest absolute Gasteiger partial charge is 0.186 e. The van der Waals surface area contributed by atoms with Gasteiger partial charge in [-0.1, -0.05) is 41.7 Å². The maximum Gasteiger partial charge on any atom is 0.186 e. The number of rotatable bonds is 9. The summed E-state index contributed by atoms with van der Waals surface area (Å²) in [6.45, 7) is 4.47. The number of aromatic nitrogens is 2. The van der Waals surface area contributed by atoms with Crippen LogP contribution >= 0.6 is 39.7 Å². The first-order chi connectivity index (χ1) is 15.6. The molecule has 0 saturated heterocycles. The van der Waals surface area contributed by atoms with Gasteiger partial charge >= 0.3 is 0 Å². The van der Waals surface area contributed by atoms with E-state index in [1.165, 1.54) is 5.56 Å². The lowest BCUT2D eigenvalue weighted by atomic mass is 10.1. The Morgan fingerprint density at radius 2 is 1.94 bits per heavy atom. The Bertz CT molecular complexity index is 1220. The molecule has 0 bridgehead atoms. The van der Waals surface area contributed by atoms with Gasteiger partial charge in [-0.25, -0.2) is 4.98 Å². The number of hydrogen-bond donors (Lipinski definition) is 1. The number of fused-ring (bicyclic) bond motifs is 1. The zero-order valence-corrected chi connectivity index (χ0v) is 21.7. The van der Waals surface area contributed by atoms with Crippen LogP contribution in [0.2, 0.25) is 0 Å². The average molecular weight is 550 g/mol. The largest absolute Gasteiger partial charge is 0.493 e.